The lowest BCUT2D eigenvalue weighted by atomic mass is 10.0. The van der Waals surface area contributed by atoms with Crippen LogP contribution in [0.25, 0.3) is 11.1 Å². The van der Waals surface area contributed by atoms with Crippen molar-refractivity contribution in [2.75, 3.05) is 5.73 Å². The highest BCUT2D eigenvalue weighted by Crippen LogP contribution is 2.29. The van der Waals surface area contributed by atoms with Gasteiger partial charge in [0.2, 0.25) is 0 Å². The van der Waals surface area contributed by atoms with Crippen LogP contribution in [0.4, 0.5) is 14.5 Å². The number of hydrogen-bond acceptors (Lipinski definition) is 2. The minimum atomic E-state index is -0.924. The van der Waals surface area contributed by atoms with Crippen LogP contribution < -0.4 is 5.73 Å². The number of benzene rings is 2. The van der Waals surface area contributed by atoms with Gasteiger partial charge in [0.15, 0.2) is 11.6 Å². The lowest BCUT2D eigenvalue weighted by Crippen LogP contribution is -1.91. The average molecular weight is 221 g/mol. The molecule has 0 aliphatic carbocycles. The van der Waals surface area contributed by atoms with Crippen LogP contribution in [0.15, 0.2) is 36.4 Å². The van der Waals surface area contributed by atoms with Crippen molar-refractivity contribution < 1.29 is 13.9 Å². The Morgan fingerprint density at radius 2 is 1.81 bits per heavy atom. The molecule has 2 aromatic rings. The number of halogens is 2. The Morgan fingerprint density at radius 1 is 1.06 bits per heavy atom. The molecule has 2 rings (SSSR count). The SMILES string of the molecule is Nc1cc(-c2cccc(F)c2F)ccc1O. The van der Waals surface area contributed by atoms with E-state index in [9.17, 15) is 13.9 Å². The minimum Gasteiger partial charge on any atom is -0.506 e. The van der Waals surface area contributed by atoms with Crippen LogP contribution in [0, 0.1) is 11.6 Å². The molecule has 2 aromatic carbocycles. The van der Waals surface area contributed by atoms with Crippen molar-refractivity contribution in [2.45, 2.75) is 0 Å². The first-order valence-corrected chi connectivity index (χ1v) is 4.62. The number of hydrogen-bond donors (Lipinski definition) is 2. The lowest BCUT2D eigenvalue weighted by Gasteiger charge is -2.06. The van der Waals surface area contributed by atoms with E-state index in [0.717, 1.165) is 6.07 Å². The summed E-state index contributed by atoms with van der Waals surface area (Å²) in [5.41, 5.74) is 6.15. The fourth-order valence-corrected chi connectivity index (χ4v) is 1.45. The van der Waals surface area contributed by atoms with Crippen LogP contribution in [0.5, 0.6) is 5.75 Å². The number of phenolic OH excluding ortho intramolecular Hbond substituents is 1. The molecule has 0 aromatic heterocycles. The maximum atomic E-state index is 13.4. The molecule has 2 nitrogen and oxygen atoms in total. The van der Waals surface area contributed by atoms with Crippen LogP contribution in [0.3, 0.4) is 0 Å². The van der Waals surface area contributed by atoms with Gasteiger partial charge in [-0.15, -0.1) is 0 Å². The molecule has 0 aliphatic heterocycles. The largest absolute Gasteiger partial charge is 0.506 e. The van der Waals surface area contributed by atoms with Crippen molar-refractivity contribution in [2.24, 2.45) is 0 Å². The van der Waals surface area contributed by atoms with Gasteiger partial charge >= 0.3 is 0 Å². The van der Waals surface area contributed by atoms with Crippen LogP contribution in [0.2, 0.25) is 0 Å². The number of rotatable bonds is 1. The molecule has 0 spiro atoms. The van der Waals surface area contributed by atoms with Crippen LogP contribution >= 0.6 is 0 Å². The summed E-state index contributed by atoms with van der Waals surface area (Å²) in [7, 11) is 0. The number of phenols is 1. The first kappa shape index (κ1) is 10.4. The van der Waals surface area contributed by atoms with Crippen molar-refractivity contribution in [3.05, 3.63) is 48.0 Å². The summed E-state index contributed by atoms with van der Waals surface area (Å²) >= 11 is 0. The molecule has 3 N–H and O–H groups in total. The lowest BCUT2D eigenvalue weighted by molar-refractivity contribution is 0.478. The third-order valence-corrected chi connectivity index (χ3v) is 2.29. The molecular formula is C12H9F2NO. The highest BCUT2D eigenvalue weighted by atomic mass is 19.2. The summed E-state index contributed by atoms with van der Waals surface area (Å²) in [4.78, 5) is 0. The van der Waals surface area contributed by atoms with Gasteiger partial charge in [0, 0.05) is 5.56 Å². The third-order valence-electron chi connectivity index (χ3n) is 2.29. The van der Waals surface area contributed by atoms with E-state index in [1.54, 1.807) is 0 Å². The highest BCUT2D eigenvalue weighted by Gasteiger charge is 2.10. The summed E-state index contributed by atoms with van der Waals surface area (Å²) in [6.45, 7) is 0. The third kappa shape index (κ3) is 1.69. The Morgan fingerprint density at radius 3 is 2.50 bits per heavy atom. The first-order valence-electron chi connectivity index (χ1n) is 4.62. The Hall–Kier alpha value is -2.10. The monoisotopic (exact) mass is 221 g/mol. The average Bonchev–Trinajstić information content (AvgIpc) is 2.26. The standard InChI is InChI=1S/C12H9F2NO/c13-9-3-1-2-8(12(9)14)7-4-5-11(16)10(15)6-7/h1-6,16H,15H2. The number of anilines is 1. The highest BCUT2D eigenvalue weighted by molar-refractivity contribution is 5.70. The summed E-state index contributed by atoms with van der Waals surface area (Å²) in [6, 6.07) is 8.12. The van der Waals surface area contributed by atoms with Gasteiger partial charge in [-0.3, -0.25) is 0 Å². The summed E-state index contributed by atoms with van der Waals surface area (Å²) in [6.07, 6.45) is 0. The van der Waals surface area contributed by atoms with E-state index >= 15 is 0 Å². The quantitative estimate of drug-likeness (QED) is 0.574. The van der Waals surface area contributed by atoms with Gasteiger partial charge < -0.3 is 10.8 Å². The molecule has 0 bridgehead atoms. The van der Waals surface area contributed by atoms with E-state index in [0.29, 0.717) is 5.56 Å². The maximum absolute atomic E-state index is 13.4. The van der Waals surface area contributed by atoms with Crippen molar-refractivity contribution >= 4 is 5.69 Å². The van der Waals surface area contributed by atoms with E-state index in [4.69, 9.17) is 5.73 Å². The molecule has 82 valence electrons. The van der Waals surface area contributed by atoms with Gasteiger partial charge in [-0.2, -0.15) is 0 Å². The number of aromatic hydroxyl groups is 1. The summed E-state index contributed by atoms with van der Waals surface area (Å²) in [5.74, 6) is -1.92. The fourth-order valence-electron chi connectivity index (χ4n) is 1.45. The summed E-state index contributed by atoms with van der Waals surface area (Å²) in [5, 5.41) is 9.22. The molecule has 0 radical (unpaired) electrons. The minimum absolute atomic E-state index is 0.0828. The second-order valence-electron chi connectivity index (χ2n) is 3.37. The van der Waals surface area contributed by atoms with E-state index in [2.05, 4.69) is 0 Å². The van der Waals surface area contributed by atoms with Crippen LogP contribution in [0.1, 0.15) is 0 Å². The zero-order valence-corrected chi connectivity index (χ0v) is 8.24. The molecule has 0 unspecified atom stereocenters. The fraction of sp³-hybridized carbons (Fsp3) is 0. The van der Waals surface area contributed by atoms with Gasteiger partial charge in [-0.05, 0) is 23.8 Å². The zero-order chi connectivity index (χ0) is 11.7. The second kappa shape index (κ2) is 3.81. The van der Waals surface area contributed by atoms with Crippen molar-refractivity contribution in [3.63, 3.8) is 0 Å². The number of nitrogens with two attached hydrogens (primary N) is 1. The number of nitrogen functional groups attached to an aromatic ring is 1. The molecule has 0 amide bonds. The summed E-state index contributed by atoms with van der Waals surface area (Å²) < 4.78 is 26.4. The molecule has 4 heteroatoms. The van der Waals surface area contributed by atoms with Crippen molar-refractivity contribution in [1.29, 1.82) is 0 Å². The Kier molecular flexibility index (Phi) is 2.48. The van der Waals surface area contributed by atoms with Gasteiger partial charge in [0.25, 0.3) is 0 Å². The molecule has 0 aliphatic rings. The van der Waals surface area contributed by atoms with Gasteiger partial charge in [0.05, 0.1) is 5.69 Å². The van der Waals surface area contributed by atoms with E-state index < -0.39 is 11.6 Å². The molecule has 0 saturated carbocycles. The Bertz CT molecular complexity index is 541. The van der Waals surface area contributed by atoms with Crippen molar-refractivity contribution in [3.8, 4) is 16.9 Å². The van der Waals surface area contributed by atoms with Crippen molar-refractivity contribution in [1.82, 2.24) is 0 Å². The van der Waals surface area contributed by atoms with Gasteiger partial charge in [0.1, 0.15) is 5.75 Å². The van der Waals surface area contributed by atoms with Gasteiger partial charge in [-0.25, -0.2) is 8.78 Å². The van der Waals surface area contributed by atoms with E-state index in [1.165, 1.54) is 30.3 Å². The molecule has 0 fully saturated rings. The smallest absolute Gasteiger partial charge is 0.166 e. The Labute approximate surface area is 91.0 Å². The van der Waals surface area contributed by atoms with E-state index in [1.807, 2.05) is 0 Å². The normalized spacial score (nSPS) is 10.4. The Balaban J connectivity index is 2.59. The maximum Gasteiger partial charge on any atom is 0.166 e. The molecule has 0 atom stereocenters. The molecule has 0 saturated heterocycles. The molecule has 16 heavy (non-hydrogen) atoms. The van der Waals surface area contributed by atoms with Gasteiger partial charge in [-0.1, -0.05) is 18.2 Å². The second-order valence-corrected chi connectivity index (χ2v) is 3.37. The van der Waals surface area contributed by atoms with Crippen LogP contribution in [-0.2, 0) is 0 Å². The first-order chi connectivity index (χ1) is 7.59. The predicted molar refractivity (Wildman–Crippen MR) is 57.9 cm³/mol. The molecule has 0 heterocycles. The topological polar surface area (TPSA) is 46.2 Å². The van der Waals surface area contributed by atoms with E-state index in [-0.39, 0.29) is 17.0 Å². The zero-order valence-electron chi connectivity index (χ0n) is 8.24. The molecular weight excluding hydrogens is 212 g/mol. The predicted octanol–water partition coefficient (Wildman–Crippen LogP) is 2.92. The van der Waals surface area contributed by atoms with Crippen LogP contribution in [-0.4, -0.2) is 5.11 Å².